The van der Waals surface area contributed by atoms with Crippen molar-refractivity contribution in [1.29, 1.82) is 0 Å². The maximum atomic E-state index is 12.5. The number of aliphatic hydroxyl groups is 1. The van der Waals surface area contributed by atoms with Crippen molar-refractivity contribution in [2.24, 2.45) is 13.0 Å². The van der Waals surface area contributed by atoms with Crippen LogP contribution in [-0.2, 0) is 7.05 Å². The topological polar surface area (TPSA) is 87.0 Å². The number of nitrogens with zero attached hydrogens (tertiary/aromatic N) is 4. The zero-order chi connectivity index (χ0) is 16.7. The first-order valence-corrected chi connectivity index (χ1v) is 7.88. The van der Waals surface area contributed by atoms with Gasteiger partial charge < -0.3 is 10.0 Å². The minimum atomic E-state index is -0.436. The van der Waals surface area contributed by atoms with E-state index in [0.717, 1.165) is 29.8 Å². The van der Waals surface area contributed by atoms with E-state index < -0.39 is 6.10 Å². The quantitative estimate of drug-likeness (QED) is 0.869. The normalized spacial score (nSPS) is 15.7. The van der Waals surface area contributed by atoms with E-state index in [1.807, 2.05) is 20.9 Å². The van der Waals surface area contributed by atoms with Crippen molar-refractivity contribution >= 4 is 5.91 Å². The third-order valence-electron chi connectivity index (χ3n) is 4.55. The van der Waals surface area contributed by atoms with Crippen LogP contribution in [0.5, 0.6) is 0 Å². The highest BCUT2D eigenvalue weighted by atomic mass is 16.3. The molecule has 23 heavy (non-hydrogen) atoms. The molecule has 1 unspecified atom stereocenters. The molecule has 2 N–H and O–H groups in total. The van der Waals surface area contributed by atoms with Crippen LogP contribution in [0.4, 0.5) is 0 Å². The van der Waals surface area contributed by atoms with Crippen LogP contribution in [0.25, 0.3) is 11.3 Å². The molecule has 0 saturated heterocycles. The first-order chi connectivity index (χ1) is 10.9. The number of rotatable bonds is 5. The number of aromatic amines is 1. The number of aromatic nitrogens is 4. The first-order valence-electron chi connectivity index (χ1n) is 7.88. The zero-order valence-corrected chi connectivity index (χ0v) is 14.0. The summed E-state index contributed by atoms with van der Waals surface area (Å²) < 4.78 is 1.80. The third-order valence-corrected chi connectivity index (χ3v) is 4.55. The third kappa shape index (κ3) is 3.01. The molecule has 0 bridgehead atoms. The number of H-pyrrole nitrogens is 1. The van der Waals surface area contributed by atoms with Crippen LogP contribution in [0.1, 0.15) is 34.7 Å². The molecule has 2 aromatic rings. The van der Waals surface area contributed by atoms with E-state index in [-0.39, 0.29) is 5.91 Å². The van der Waals surface area contributed by atoms with Crippen molar-refractivity contribution < 1.29 is 9.90 Å². The Bertz CT molecular complexity index is 729. The van der Waals surface area contributed by atoms with E-state index in [1.54, 1.807) is 22.7 Å². The highest BCUT2D eigenvalue weighted by Crippen LogP contribution is 2.33. The van der Waals surface area contributed by atoms with Gasteiger partial charge in [0.25, 0.3) is 5.91 Å². The zero-order valence-electron chi connectivity index (χ0n) is 14.0. The van der Waals surface area contributed by atoms with Crippen LogP contribution >= 0.6 is 0 Å². The van der Waals surface area contributed by atoms with Crippen LogP contribution in [0, 0.1) is 19.8 Å². The van der Waals surface area contributed by atoms with E-state index >= 15 is 0 Å². The summed E-state index contributed by atoms with van der Waals surface area (Å²) in [6.45, 7) is 4.25. The Morgan fingerprint density at radius 1 is 1.52 bits per heavy atom. The van der Waals surface area contributed by atoms with Crippen LogP contribution < -0.4 is 0 Å². The van der Waals surface area contributed by atoms with Gasteiger partial charge in [0.2, 0.25) is 0 Å². The average molecular weight is 317 g/mol. The van der Waals surface area contributed by atoms with Crippen LogP contribution in [0.15, 0.2) is 6.07 Å². The maximum absolute atomic E-state index is 12.5. The second kappa shape index (κ2) is 5.81. The summed E-state index contributed by atoms with van der Waals surface area (Å²) in [5.74, 6) is 0.186. The molecule has 0 spiro atoms. The van der Waals surface area contributed by atoms with Crippen molar-refractivity contribution in [3.05, 3.63) is 23.1 Å². The molecule has 7 heteroatoms. The number of hydrogen-bond acceptors (Lipinski definition) is 4. The van der Waals surface area contributed by atoms with Crippen molar-refractivity contribution in [2.45, 2.75) is 32.8 Å². The van der Waals surface area contributed by atoms with Crippen LogP contribution in [-0.4, -0.2) is 55.6 Å². The lowest BCUT2D eigenvalue weighted by atomic mass is 10.1. The SMILES string of the molecule is Cc1nn(C)c(C)c1-c1cc(C(=O)N(C)CC(O)C2CC2)[nH]n1. The lowest BCUT2D eigenvalue weighted by molar-refractivity contribution is 0.0640. The van der Waals surface area contributed by atoms with Gasteiger partial charge in [-0.25, -0.2) is 0 Å². The largest absolute Gasteiger partial charge is 0.391 e. The van der Waals surface area contributed by atoms with E-state index in [1.165, 1.54) is 0 Å². The number of carbonyl (C=O) groups is 1. The van der Waals surface area contributed by atoms with Gasteiger partial charge in [0.05, 0.1) is 17.5 Å². The summed E-state index contributed by atoms with van der Waals surface area (Å²) in [5, 5.41) is 21.4. The van der Waals surface area contributed by atoms with Crippen LogP contribution in [0.2, 0.25) is 0 Å². The monoisotopic (exact) mass is 317 g/mol. The predicted molar refractivity (Wildman–Crippen MR) is 86.0 cm³/mol. The maximum Gasteiger partial charge on any atom is 0.271 e. The molecule has 0 aliphatic heterocycles. The smallest absolute Gasteiger partial charge is 0.271 e. The molecule has 1 aliphatic carbocycles. The molecule has 7 nitrogen and oxygen atoms in total. The summed E-state index contributed by atoms with van der Waals surface area (Å²) in [4.78, 5) is 14.0. The Kier molecular flexibility index (Phi) is 3.97. The lowest BCUT2D eigenvalue weighted by Crippen LogP contribution is -2.35. The number of likely N-dealkylation sites (N-methyl/N-ethyl adjacent to an activating group) is 1. The van der Waals surface area contributed by atoms with Crippen molar-refractivity contribution in [3.63, 3.8) is 0 Å². The molecule has 1 amide bonds. The lowest BCUT2D eigenvalue weighted by Gasteiger charge is -2.19. The highest BCUT2D eigenvalue weighted by Gasteiger charge is 2.31. The van der Waals surface area contributed by atoms with E-state index in [9.17, 15) is 9.90 Å². The average Bonchev–Trinajstić information content (AvgIpc) is 3.19. The van der Waals surface area contributed by atoms with Crippen molar-refractivity contribution in [1.82, 2.24) is 24.9 Å². The number of hydrogen-bond donors (Lipinski definition) is 2. The minimum Gasteiger partial charge on any atom is -0.391 e. The standard InChI is InChI=1S/C16H23N5O2/c1-9-15(10(2)21(4)19-9)12-7-13(18-17-12)16(23)20(3)8-14(22)11-5-6-11/h7,11,14,22H,5-6,8H2,1-4H3,(H,17,18). The molecule has 2 heterocycles. The summed E-state index contributed by atoms with van der Waals surface area (Å²) >= 11 is 0. The number of nitrogens with one attached hydrogen (secondary N) is 1. The second-order valence-corrected chi connectivity index (χ2v) is 6.43. The summed E-state index contributed by atoms with van der Waals surface area (Å²) in [6.07, 6.45) is 1.67. The van der Waals surface area contributed by atoms with E-state index in [0.29, 0.717) is 23.9 Å². The van der Waals surface area contributed by atoms with Gasteiger partial charge in [-0.2, -0.15) is 10.2 Å². The van der Waals surface area contributed by atoms with Gasteiger partial charge in [0, 0.05) is 31.9 Å². The fourth-order valence-electron chi connectivity index (χ4n) is 2.90. The Balaban J connectivity index is 1.76. The number of aryl methyl sites for hydroxylation is 2. The molecule has 1 atom stereocenters. The minimum absolute atomic E-state index is 0.164. The Hall–Kier alpha value is -2.15. The highest BCUT2D eigenvalue weighted by molar-refractivity contribution is 5.93. The molecule has 1 aliphatic rings. The molecular formula is C16H23N5O2. The van der Waals surface area contributed by atoms with Gasteiger partial charge in [0.15, 0.2) is 0 Å². The molecule has 3 rings (SSSR count). The second-order valence-electron chi connectivity index (χ2n) is 6.43. The van der Waals surface area contributed by atoms with Gasteiger partial charge in [-0.05, 0) is 38.7 Å². The number of amides is 1. The van der Waals surface area contributed by atoms with Gasteiger partial charge in [-0.3, -0.25) is 14.6 Å². The van der Waals surface area contributed by atoms with E-state index in [2.05, 4.69) is 15.3 Å². The number of aliphatic hydroxyl groups excluding tert-OH is 1. The van der Waals surface area contributed by atoms with Crippen molar-refractivity contribution in [2.75, 3.05) is 13.6 Å². The van der Waals surface area contributed by atoms with Gasteiger partial charge in [-0.15, -0.1) is 0 Å². The van der Waals surface area contributed by atoms with Gasteiger partial charge >= 0.3 is 0 Å². The fourth-order valence-corrected chi connectivity index (χ4v) is 2.90. The number of carbonyl (C=O) groups excluding carboxylic acids is 1. The first kappa shape index (κ1) is 15.7. The van der Waals surface area contributed by atoms with Gasteiger partial charge in [-0.1, -0.05) is 0 Å². The van der Waals surface area contributed by atoms with Crippen molar-refractivity contribution in [3.8, 4) is 11.3 Å². The molecule has 124 valence electrons. The van der Waals surface area contributed by atoms with Gasteiger partial charge in [0.1, 0.15) is 5.69 Å². The summed E-state index contributed by atoms with van der Waals surface area (Å²) in [7, 11) is 3.59. The molecule has 1 saturated carbocycles. The molecule has 2 aromatic heterocycles. The summed E-state index contributed by atoms with van der Waals surface area (Å²) in [6, 6.07) is 1.75. The van der Waals surface area contributed by atoms with Crippen LogP contribution in [0.3, 0.4) is 0 Å². The Labute approximate surface area is 135 Å². The summed E-state index contributed by atoms with van der Waals surface area (Å²) in [5.41, 5.74) is 3.97. The Morgan fingerprint density at radius 2 is 2.22 bits per heavy atom. The van der Waals surface area contributed by atoms with E-state index in [4.69, 9.17) is 0 Å². The molecular weight excluding hydrogens is 294 g/mol. The Morgan fingerprint density at radius 3 is 2.78 bits per heavy atom. The molecule has 0 aromatic carbocycles. The fraction of sp³-hybridized carbons (Fsp3) is 0.562. The molecule has 0 radical (unpaired) electrons. The molecule has 1 fully saturated rings. The predicted octanol–water partition coefficient (Wildman–Crippen LogP) is 1.27.